The van der Waals surface area contributed by atoms with Crippen molar-refractivity contribution in [3.05, 3.63) is 28.8 Å². The summed E-state index contributed by atoms with van der Waals surface area (Å²) in [6, 6.07) is 4.09. The van der Waals surface area contributed by atoms with Gasteiger partial charge in [-0.1, -0.05) is 11.6 Å². The van der Waals surface area contributed by atoms with Crippen LogP contribution in [0.25, 0.3) is 0 Å². The number of nitrogens with two attached hydrogens (primary N) is 1. The van der Waals surface area contributed by atoms with Crippen molar-refractivity contribution >= 4 is 40.9 Å². The second-order valence-electron chi connectivity index (χ2n) is 4.15. The first kappa shape index (κ1) is 16.8. The highest BCUT2D eigenvalue weighted by Gasteiger charge is 2.15. The van der Waals surface area contributed by atoms with Crippen LogP contribution >= 0.6 is 23.4 Å². The van der Waals surface area contributed by atoms with Crippen LogP contribution in [0.5, 0.6) is 0 Å². The summed E-state index contributed by atoms with van der Waals surface area (Å²) in [7, 11) is 1.54. The van der Waals surface area contributed by atoms with Crippen LogP contribution in [0.2, 0.25) is 5.02 Å². The minimum absolute atomic E-state index is 0.246. The van der Waals surface area contributed by atoms with Crippen LogP contribution in [0.15, 0.2) is 18.2 Å². The standard InChI is InChI=1S/C13H18ClN3O2S/c1-16-12(18)8-3-4-9(14)11(7-8)17-13(19)10(15)5-6-20-2/h3-4,7,10H,5-6,15H2,1-2H3,(H,16,18)(H,17,19)/t10-/m0/s1. The molecule has 0 aliphatic heterocycles. The lowest BCUT2D eigenvalue weighted by atomic mass is 10.1. The average molecular weight is 316 g/mol. The Hall–Kier alpha value is -1.24. The summed E-state index contributed by atoms with van der Waals surface area (Å²) in [6.45, 7) is 0. The third-order valence-corrected chi connectivity index (χ3v) is 3.66. The number of benzene rings is 1. The maximum absolute atomic E-state index is 11.9. The summed E-state index contributed by atoms with van der Waals surface area (Å²) in [4.78, 5) is 23.5. The zero-order valence-corrected chi connectivity index (χ0v) is 13.0. The zero-order chi connectivity index (χ0) is 15.1. The molecular formula is C13H18ClN3O2S. The molecule has 2 amide bonds. The monoisotopic (exact) mass is 315 g/mol. The Kier molecular flexibility index (Phi) is 6.84. The predicted molar refractivity (Wildman–Crippen MR) is 84.4 cm³/mol. The summed E-state index contributed by atoms with van der Waals surface area (Å²) in [6.07, 6.45) is 2.54. The number of hydrogen-bond acceptors (Lipinski definition) is 4. The molecule has 0 aliphatic rings. The number of carbonyl (C=O) groups is 2. The van der Waals surface area contributed by atoms with E-state index in [2.05, 4.69) is 10.6 Å². The number of hydrogen-bond donors (Lipinski definition) is 3. The van der Waals surface area contributed by atoms with Crippen molar-refractivity contribution in [2.24, 2.45) is 5.73 Å². The minimum atomic E-state index is -0.595. The molecule has 110 valence electrons. The summed E-state index contributed by atoms with van der Waals surface area (Å²) in [5.41, 5.74) is 6.59. The first-order chi connectivity index (χ1) is 9.49. The lowest BCUT2D eigenvalue weighted by molar-refractivity contribution is -0.117. The van der Waals surface area contributed by atoms with Crippen LogP contribution in [-0.2, 0) is 4.79 Å². The number of rotatable bonds is 6. The van der Waals surface area contributed by atoms with E-state index in [9.17, 15) is 9.59 Å². The Morgan fingerprint density at radius 2 is 2.15 bits per heavy atom. The molecule has 1 atom stereocenters. The number of amides is 2. The third kappa shape index (κ3) is 4.70. The van der Waals surface area contributed by atoms with E-state index >= 15 is 0 Å². The van der Waals surface area contributed by atoms with Gasteiger partial charge in [0, 0.05) is 12.6 Å². The van der Waals surface area contributed by atoms with E-state index in [1.54, 1.807) is 23.9 Å². The largest absolute Gasteiger partial charge is 0.355 e. The van der Waals surface area contributed by atoms with E-state index in [0.29, 0.717) is 22.7 Å². The highest BCUT2D eigenvalue weighted by atomic mass is 35.5. The second kappa shape index (κ2) is 8.14. The highest BCUT2D eigenvalue weighted by Crippen LogP contribution is 2.23. The predicted octanol–water partition coefficient (Wildman–Crippen LogP) is 1.72. The zero-order valence-electron chi connectivity index (χ0n) is 11.4. The summed E-state index contributed by atoms with van der Waals surface area (Å²) in [5, 5.41) is 5.53. The number of thioether (sulfide) groups is 1. The van der Waals surface area contributed by atoms with Gasteiger partial charge in [-0.15, -0.1) is 0 Å². The maximum atomic E-state index is 11.9. The van der Waals surface area contributed by atoms with Crippen molar-refractivity contribution in [1.82, 2.24) is 5.32 Å². The van der Waals surface area contributed by atoms with Crippen molar-refractivity contribution < 1.29 is 9.59 Å². The van der Waals surface area contributed by atoms with Gasteiger partial charge in [0.1, 0.15) is 0 Å². The highest BCUT2D eigenvalue weighted by molar-refractivity contribution is 7.98. The van der Waals surface area contributed by atoms with E-state index in [1.165, 1.54) is 13.1 Å². The molecule has 0 aliphatic carbocycles. The summed E-state index contributed by atoms with van der Waals surface area (Å²) in [5.74, 6) is 0.250. The van der Waals surface area contributed by atoms with Crippen LogP contribution in [0.4, 0.5) is 5.69 Å². The number of nitrogens with one attached hydrogen (secondary N) is 2. The third-order valence-electron chi connectivity index (χ3n) is 2.68. The molecule has 0 unspecified atom stereocenters. The van der Waals surface area contributed by atoms with Gasteiger partial charge in [-0.2, -0.15) is 11.8 Å². The first-order valence-electron chi connectivity index (χ1n) is 6.06. The lowest BCUT2D eigenvalue weighted by Gasteiger charge is -2.13. The van der Waals surface area contributed by atoms with Gasteiger partial charge in [-0.25, -0.2) is 0 Å². The molecule has 5 nitrogen and oxygen atoms in total. The molecule has 0 aromatic heterocycles. The SMILES string of the molecule is CNC(=O)c1ccc(Cl)c(NC(=O)[C@@H](N)CCSC)c1. The van der Waals surface area contributed by atoms with E-state index in [0.717, 1.165) is 5.75 Å². The first-order valence-corrected chi connectivity index (χ1v) is 7.83. The van der Waals surface area contributed by atoms with Gasteiger partial charge >= 0.3 is 0 Å². The van der Waals surface area contributed by atoms with Gasteiger partial charge in [0.25, 0.3) is 5.91 Å². The quantitative estimate of drug-likeness (QED) is 0.746. The Labute approximate surface area is 127 Å². The van der Waals surface area contributed by atoms with Crippen LogP contribution in [-0.4, -0.2) is 36.9 Å². The smallest absolute Gasteiger partial charge is 0.251 e. The van der Waals surface area contributed by atoms with E-state index in [-0.39, 0.29) is 11.8 Å². The number of halogens is 1. The Balaban J connectivity index is 2.80. The van der Waals surface area contributed by atoms with Crippen LogP contribution in [0.3, 0.4) is 0 Å². The van der Waals surface area contributed by atoms with Crippen molar-refractivity contribution in [3.63, 3.8) is 0 Å². The van der Waals surface area contributed by atoms with Gasteiger partial charge in [-0.3, -0.25) is 9.59 Å². The van der Waals surface area contributed by atoms with Crippen molar-refractivity contribution in [2.75, 3.05) is 24.4 Å². The molecule has 1 aromatic rings. The van der Waals surface area contributed by atoms with Gasteiger partial charge < -0.3 is 16.4 Å². The van der Waals surface area contributed by atoms with Crippen LogP contribution in [0.1, 0.15) is 16.8 Å². The fourth-order valence-electron chi connectivity index (χ4n) is 1.51. The maximum Gasteiger partial charge on any atom is 0.251 e. The molecular weight excluding hydrogens is 298 g/mol. The molecule has 0 spiro atoms. The topological polar surface area (TPSA) is 84.2 Å². The fraction of sp³-hybridized carbons (Fsp3) is 0.385. The lowest BCUT2D eigenvalue weighted by Crippen LogP contribution is -2.36. The van der Waals surface area contributed by atoms with Crippen molar-refractivity contribution in [2.45, 2.75) is 12.5 Å². The van der Waals surface area contributed by atoms with Gasteiger partial charge in [-0.05, 0) is 36.6 Å². The minimum Gasteiger partial charge on any atom is -0.355 e. The molecule has 1 aromatic carbocycles. The molecule has 0 saturated carbocycles. The molecule has 1 rings (SSSR count). The molecule has 0 bridgehead atoms. The van der Waals surface area contributed by atoms with Crippen molar-refractivity contribution in [3.8, 4) is 0 Å². The van der Waals surface area contributed by atoms with Gasteiger partial charge in [0.2, 0.25) is 5.91 Å². The van der Waals surface area contributed by atoms with Gasteiger partial charge in [0.15, 0.2) is 0 Å². The molecule has 0 saturated heterocycles. The summed E-state index contributed by atoms with van der Waals surface area (Å²) < 4.78 is 0. The molecule has 20 heavy (non-hydrogen) atoms. The molecule has 7 heteroatoms. The van der Waals surface area contributed by atoms with Gasteiger partial charge in [0.05, 0.1) is 16.8 Å². The fourth-order valence-corrected chi connectivity index (χ4v) is 2.16. The molecule has 0 fully saturated rings. The second-order valence-corrected chi connectivity index (χ2v) is 5.54. The Morgan fingerprint density at radius 1 is 1.45 bits per heavy atom. The molecule has 0 radical (unpaired) electrons. The van der Waals surface area contributed by atoms with E-state index in [1.807, 2.05) is 6.26 Å². The Morgan fingerprint density at radius 3 is 2.75 bits per heavy atom. The Bertz CT molecular complexity index is 497. The summed E-state index contributed by atoms with van der Waals surface area (Å²) >= 11 is 7.63. The average Bonchev–Trinajstić information content (AvgIpc) is 2.45. The molecule has 4 N–H and O–H groups in total. The van der Waals surface area contributed by atoms with Crippen molar-refractivity contribution in [1.29, 1.82) is 0 Å². The number of anilines is 1. The van der Waals surface area contributed by atoms with E-state index < -0.39 is 6.04 Å². The van der Waals surface area contributed by atoms with Crippen LogP contribution < -0.4 is 16.4 Å². The van der Waals surface area contributed by atoms with Crippen LogP contribution in [0, 0.1) is 0 Å². The number of carbonyl (C=O) groups excluding carboxylic acids is 2. The molecule has 0 heterocycles. The normalized spacial score (nSPS) is 11.8. The van der Waals surface area contributed by atoms with E-state index in [4.69, 9.17) is 17.3 Å².